The maximum absolute atomic E-state index is 12.9. The standard InChI is InChI=1S/C25H28N2O5/c28-19-14-21(30)24(31-18-4-2-1-3-5-18)25-23(19)20(29)15-22(32-25)16-6-8-17(9-7-16)27-12-10-26-11-13-27/h6-9,14-15,18,26,28,30H,1-5,10-13H2. The molecule has 0 bridgehead atoms. The number of hydrogen-bond donors (Lipinski definition) is 3. The summed E-state index contributed by atoms with van der Waals surface area (Å²) in [6, 6.07) is 10.4. The molecule has 0 amide bonds. The molecule has 1 saturated carbocycles. The van der Waals surface area contributed by atoms with Crippen molar-refractivity contribution < 1.29 is 19.4 Å². The monoisotopic (exact) mass is 436 g/mol. The van der Waals surface area contributed by atoms with Gasteiger partial charge in [-0.1, -0.05) is 6.42 Å². The van der Waals surface area contributed by atoms with E-state index in [1.54, 1.807) is 0 Å². The number of aromatic hydroxyl groups is 2. The molecule has 1 aliphatic carbocycles. The van der Waals surface area contributed by atoms with Crippen molar-refractivity contribution in [2.45, 2.75) is 38.2 Å². The average molecular weight is 437 g/mol. The van der Waals surface area contributed by atoms with Crippen molar-refractivity contribution >= 4 is 16.7 Å². The van der Waals surface area contributed by atoms with E-state index in [4.69, 9.17) is 9.15 Å². The zero-order chi connectivity index (χ0) is 22.1. The number of fused-ring (bicyclic) bond motifs is 1. The Morgan fingerprint density at radius 3 is 2.41 bits per heavy atom. The fourth-order valence-electron chi connectivity index (χ4n) is 4.64. The third-order valence-corrected chi connectivity index (χ3v) is 6.39. The summed E-state index contributed by atoms with van der Waals surface area (Å²) >= 11 is 0. The smallest absolute Gasteiger partial charge is 0.205 e. The first-order chi connectivity index (χ1) is 15.6. The van der Waals surface area contributed by atoms with Gasteiger partial charge in [-0.25, -0.2) is 0 Å². The Balaban J connectivity index is 1.54. The molecule has 32 heavy (non-hydrogen) atoms. The Morgan fingerprint density at radius 2 is 1.69 bits per heavy atom. The van der Waals surface area contributed by atoms with Crippen LogP contribution < -0.4 is 20.4 Å². The number of ether oxygens (including phenoxy) is 1. The molecule has 3 N–H and O–H groups in total. The molecule has 3 aromatic rings. The maximum atomic E-state index is 12.9. The lowest BCUT2D eigenvalue weighted by Gasteiger charge is -2.29. The van der Waals surface area contributed by atoms with Crippen LogP contribution in [-0.2, 0) is 0 Å². The highest BCUT2D eigenvalue weighted by Gasteiger charge is 2.23. The molecule has 5 rings (SSSR count). The molecule has 0 atom stereocenters. The van der Waals surface area contributed by atoms with Gasteiger partial charge in [-0.3, -0.25) is 4.79 Å². The summed E-state index contributed by atoms with van der Waals surface area (Å²) < 4.78 is 12.2. The van der Waals surface area contributed by atoms with Gasteiger partial charge < -0.3 is 29.6 Å². The minimum Gasteiger partial charge on any atom is -0.507 e. The minimum atomic E-state index is -0.376. The van der Waals surface area contributed by atoms with Gasteiger partial charge in [0.2, 0.25) is 5.75 Å². The van der Waals surface area contributed by atoms with Gasteiger partial charge in [0.1, 0.15) is 16.9 Å². The van der Waals surface area contributed by atoms with E-state index in [1.807, 2.05) is 24.3 Å². The van der Waals surface area contributed by atoms with Crippen LogP contribution in [0.15, 0.2) is 45.6 Å². The fraction of sp³-hybridized carbons (Fsp3) is 0.400. The molecule has 1 aliphatic heterocycles. The molecule has 1 aromatic heterocycles. The lowest BCUT2D eigenvalue weighted by Crippen LogP contribution is -2.43. The first-order valence-electron chi connectivity index (χ1n) is 11.4. The first kappa shape index (κ1) is 20.7. The van der Waals surface area contributed by atoms with Gasteiger partial charge in [-0.05, 0) is 49.9 Å². The molecular formula is C25H28N2O5. The van der Waals surface area contributed by atoms with E-state index >= 15 is 0 Å². The Kier molecular flexibility index (Phi) is 5.66. The van der Waals surface area contributed by atoms with E-state index in [0.717, 1.165) is 69.2 Å². The van der Waals surface area contributed by atoms with Crippen molar-refractivity contribution in [3.8, 4) is 28.6 Å². The van der Waals surface area contributed by atoms with E-state index in [0.29, 0.717) is 5.76 Å². The highest BCUT2D eigenvalue weighted by molar-refractivity contribution is 5.91. The van der Waals surface area contributed by atoms with Gasteiger partial charge in [0, 0.05) is 49.6 Å². The van der Waals surface area contributed by atoms with Gasteiger partial charge in [-0.15, -0.1) is 0 Å². The predicted octanol–water partition coefficient (Wildman–Crippen LogP) is 3.99. The topological polar surface area (TPSA) is 95.2 Å². The van der Waals surface area contributed by atoms with Gasteiger partial charge in [-0.2, -0.15) is 0 Å². The third-order valence-electron chi connectivity index (χ3n) is 6.39. The van der Waals surface area contributed by atoms with Crippen LogP contribution in [0.5, 0.6) is 17.2 Å². The molecule has 168 valence electrons. The molecule has 0 unspecified atom stereocenters. The first-order valence-corrected chi connectivity index (χ1v) is 11.4. The zero-order valence-corrected chi connectivity index (χ0v) is 18.0. The zero-order valence-electron chi connectivity index (χ0n) is 18.0. The van der Waals surface area contributed by atoms with E-state index in [1.165, 1.54) is 12.5 Å². The number of nitrogens with zero attached hydrogens (tertiary/aromatic N) is 1. The van der Waals surface area contributed by atoms with Crippen LogP contribution in [0.2, 0.25) is 0 Å². The molecule has 2 fully saturated rings. The molecule has 2 aliphatic rings. The number of piperazine rings is 1. The molecule has 7 nitrogen and oxygen atoms in total. The lowest BCUT2D eigenvalue weighted by molar-refractivity contribution is 0.150. The summed E-state index contributed by atoms with van der Waals surface area (Å²) in [5, 5.41) is 24.2. The fourth-order valence-corrected chi connectivity index (χ4v) is 4.64. The van der Waals surface area contributed by atoms with E-state index in [9.17, 15) is 15.0 Å². The average Bonchev–Trinajstić information content (AvgIpc) is 2.82. The van der Waals surface area contributed by atoms with E-state index in [2.05, 4.69) is 10.2 Å². The van der Waals surface area contributed by atoms with Crippen LogP contribution in [0.25, 0.3) is 22.3 Å². The van der Waals surface area contributed by atoms with Crippen LogP contribution in [0.1, 0.15) is 32.1 Å². The van der Waals surface area contributed by atoms with Gasteiger partial charge in [0.15, 0.2) is 16.8 Å². The van der Waals surface area contributed by atoms with Crippen molar-refractivity contribution in [2.24, 2.45) is 0 Å². The SMILES string of the molecule is O=c1cc(-c2ccc(N3CCNCC3)cc2)oc2c(OC3CCCCC3)c(O)cc(O)c12. The van der Waals surface area contributed by atoms with Crippen molar-refractivity contribution in [3.63, 3.8) is 0 Å². The number of rotatable bonds is 4. The summed E-state index contributed by atoms with van der Waals surface area (Å²) in [4.78, 5) is 15.2. The Bertz CT molecular complexity index is 1160. The maximum Gasteiger partial charge on any atom is 0.205 e. The summed E-state index contributed by atoms with van der Waals surface area (Å²) in [6.07, 6.45) is 5.03. The normalized spacial score (nSPS) is 17.6. The van der Waals surface area contributed by atoms with Crippen LogP contribution in [-0.4, -0.2) is 42.5 Å². The third kappa shape index (κ3) is 4.00. The molecular weight excluding hydrogens is 408 g/mol. The second kappa shape index (κ2) is 8.74. The Morgan fingerprint density at radius 1 is 0.969 bits per heavy atom. The number of benzene rings is 2. The van der Waals surface area contributed by atoms with Gasteiger partial charge in [0.25, 0.3) is 0 Å². The Hall–Kier alpha value is -3.19. The number of nitrogens with one attached hydrogen (secondary N) is 1. The minimum absolute atomic E-state index is 0.0230. The van der Waals surface area contributed by atoms with Crippen LogP contribution >= 0.6 is 0 Å². The van der Waals surface area contributed by atoms with Gasteiger partial charge in [0.05, 0.1) is 6.10 Å². The molecule has 0 spiro atoms. The van der Waals surface area contributed by atoms with Crippen molar-refractivity contribution in [1.29, 1.82) is 0 Å². The number of hydrogen-bond acceptors (Lipinski definition) is 7. The van der Waals surface area contributed by atoms with E-state index < -0.39 is 0 Å². The van der Waals surface area contributed by atoms with Crippen LogP contribution in [0.3, 0.4) is 0 Å². The largest absolute Gasteiger partial charge is 0.507 e. The number of phenolic OH excluding ortho intramolecular Hbond substituents is 2. The second-order valence-electron chi connectivity index (χ2n) is 8.58. The van der Waals surface area contributed by atoms with Gasteiger partial charge >= 0.3 is 0 Å². The summed E-state index contributed by atoms with van der Waals surface area (Å²) in [6.45, 7) is 3.81. The van der Waals surface area contributed by atoms with Crippen LogP contribution in [0.4, 0.5) is 5.69 Å². The molecule has 0 radical (unpaired) electrons. The quantitative estimate of drug-likeness (QED) is 0.569. The molecule has 7 heteroatoms. The van der Waals surface area contributed by atoms with Crippen molar-refractivity contribution in [3.05, 3.63) is 46.6 Å². The van der Waals surface area contributed by atoms with Crippen molar-refractivity contribution in [2.75, 3.05) is 31.1 Å². The molecule has 2 aromatic carbocycles. The summed E-state index contributed by atoms with van der Waals surface area (Å²) in [5.74, 6) is -0.0493. The Labute approximate surface area is 186 Å². The molecule has 2 heterocycles. The summed E-state index contributed by atoms with van der Waals surface area (Å²) in [5.41, 5.74) is 1.57. The van der Waals surface area contributed by atoms with Crippen molar-refractivity contribution in [1.82, 2.24) is 5.32 Å². The second-order valence-corrected chi connectivity index (χ2v) is 8.58. The lowest BCUT2D eigenvalue weighted by atomic mass is 9.98. The highest BCUT2D eigenvalue weighted by atomic mass is 16.5. The molecule has 1 saturated heterocycles. The summed E-state index contributed by atoms with van der Waals surface area (Å²) in [7, 11) is 0. The van der Waals surface area contributed by atoms with Crippen LogP contribution in [0, 0.1) is 0 Å². The highest BCUT2D eigenvalue weighted by Crippen LogP contribution is 2.42. The number of anilines is 1. The number of phenols is 2. The predicted molar refractivity (Wildman–Crippen MR) is 124 cm³/mol. The van der Waals surface area contributed by atoms with E-state index in [-0.39, 0.29) is 39.8 Å².